The summed E-state index contributed by atoms with van der Waals surface area (Å²) in [5.41, 5.74) is 5.32. The second kappa shape index (κ2) is 9.58. The van der Waals surface area contributed by atoms with Gasteiger partial charge < -0.3 is 19.7 Å². The van der Waals surface area contributed by atoms with Crippen LogP contribution in [0.2, 0.25) is 5.02 Å². The Kier molecular flexibility index (Phi) is 7.05. The van der Waals surface area contributed by atoms with Crippen LogP contribution >= 0.6 is 11.6 Å². The van der Waals surface area contributed by atoms with Crippen LogP contribution in [-0.2, 0) is 22.3 Å². The van der Waals surface area contributed by atoms with E-state index in [2.05, 4.69) is 10.1 Å². The van der Waals surface area contributed by atoms with E-state index in [4.69, 9.17) is 31.3 Å². The zero-order valence-corrected chi connectivity index (χ0v) is 17.8. The van der Waals surface area contributed by atoms with Crippen molar-refractivity contribution in [2.45, 2.75) is 32.7 Å². The Bertz CT molecular complexity index is 1120. The van der Waals surface area contributed by atoms with Crippen LogP contribution in [0.15, 0.2) is 40.9 Å². The lowest BCUT2D eigenvalue weighted by molar-refractivity contribution is -0.143. The fourth-order valence-electron chi connectivity index (χ4n) is 2.74. The quantitative estimate of drug-likeness (QED) is 0.493. The maximum absolute atomic E-state index is 13.5. The standard InChI is InChI=1S/C21H19ClF3N3O4/c1-11(2)31-17-6-4-13(8-15(17)21(23,24)25)20-27-19(28-32-20)14-5-3-12(7-16(14)22)10-30-18(29)9-26/h3-8,11H,9-10,26H2,1-2H3. The highest BCUT2D eigenvalue weighted by atomic mass is 35.5. The van der Waals surface area contributed by atoms with Crippen LogP contribution in [0.4, 0.5) is 13.2 Å². The number of carbonyl (C=O) groups excluding carboxylic acids is 1. The molecule has 1 heterocycles. The molecule has 11 heteroatoms. The molecule has 0 aliphatic carbocycles. The molecule has 0 radical (unpaired) electrons. The van der Waals surface area contributed by atoms with Crippen LogP contribution in [0.1, 0.15) is 25.0 Å². The summed E-state index contributed by atoms with van der Waals surface area (Å²) in [5.74, 6) is -0.869. The van der Waals surface area contributed by atoms with Gasteiger partial charge in [0.05, 0.1) is 23.2 Å². The van der Waals surface area contributed by atoms with Gasteiger partial charge in [0.1, 0.15) is 12.4 Å². The summed E-state index contributed by atoms with van der Waals surface area (Å²) in [6, 6.07) is 8.29. The predicted octanol–water partition coefficient (Wildman–Crippen LogP) is 4.86. The van der Waals surface area contributed by atoms with Crippen molar-refractivity contribution in [2.24, 2.45) is 5.73 Å². The fourth-order valence-corrected chi connectivity index (χ4v) is 3.03. The first-order chi connectivity index (χ1) is 15.1. The molecule has 0 aliphatic rings. The maximum Gasteiger partial charge on any atom is 0.419 e. The van der Waals surface area contributed by atoms with Gasteiger partial charge in [-0.1, -0.05) is 22.8 Å². The summed E-state index contributed by atoms with van der Waals surface area (Å²) in [4.78, 5) is 15.3. The van der Waals surface area contributed by atoms with Crippen LogP contribution in [-0.4, -0.2) is 28.8 Å². The first kappa shape index (κ1) is 23.6. The summed E-state index contributed by atoms with van der Waals surface area (Å²) in [7, 11) is 0. The van der Waals surface area contributed by atoms with Crippen LogP contribution in [0.5, 0.6) is 5.75 Å². The van der Waals surface area contributed by atoms with Gasteiger partial charge in [0.15, 0.2) is 0 Å². The van der Waals surface area contributed by atoms with Crippen molar-refractivity contribution in [1.29, 1.82) is 0 Å². The van der Waals surface area contributed by atoms with Gasteiger partial charge in [0, 0.05) is 11.1 Å². The molecule has 0 fully saturated rings. The lowest BCUT2D eigenvalue weighted by Gasteiger charge is -2.16. The van der Waals surface area contributed by atoms with Crippen molar-refractivity contribution >= 4 is 17.6 Å². The summed E-state index contributed by atoms with van der Waals surface area (Å²) in [5, 5.41) is 4.06. The van der Waals surface area contributed by atoms with Crippen LogP contribution < -0.4 is 10.5 Å². The van der Waals surface area contributed by atoms with E-state index in [1.807, 2.05) is 0 Å². The minimum atomic E-state index is -4.63. The van der Waals surface area contributed by atoms with Crippen molar-refractivity contribution < 1.29 is 32.0 Å². The first-order valence-corrected chi connectivity index (χ1v) is 9.82. The molecule has 3 rings (SSSR count). The zero-order chi connectivity index (χ0) is 23.5. The lowest BCUT2D eigenvalue weighted by atomic mass is 10.1. The van der Waals surface area contributed by atoms with Gasteiger partial charge in [0.25, 0.3) is 5.89 Å². The molecule has 170 valence electrons. The van der Waals surface area contributed by atoms with E-state index in [1.165, 1.54) is 12.1 Å². The number of aromatic nitrogens is 2. The Morgan fingerprint density at radius 2 is 1.97 bits per heavy atom. The minimum absolute atomic E-state index is 0.0153. The van der Waals surface area contributed by atoms with E-state index in [1.54, 1.807) is 32.0 Å². The Hall–Kier alpha value is -3.11. The van der Waals surface area contributed by atoms with Crippen molar-refractivity contribution in [3.8, 4) is 28.6 Å². The van der Waals surface area contributed by atoms with Crippen molar-refractivity contribution in [3.05, 3.63) is 52.5 Å². The molecule has 32 heavy (non-hydrogen) atoms. The molecule has 0 bridgehead atoms. The molecule has 0 aliphatic heterocycles. The van der Waals surface area contributed by atoms with Gasteiger partial charge in [-0.05, 0) is 49.7 Å². The highest BCUT2D eigenvalue weighted by Gasteiger charge is 2.35. The molecule has 2 aromatic carbocycles. The van der Waals surface area contributed by atoms with E-state index in [0.717, 1.165) is 6.07 Å². The second-order valence-electron chi connectivity index (χ2n) is 6.98. The molecular formula is C21H19ClF3N3O4. The number of nitrogens with zero attached hydrogens (tertiary/aromatic N) is 2. The summed E-state index contributed by atoms with van der Waals surface area (Å²) in [6.07, 6.45) is -5.06. The predicted molar refractivity (Wildman–Crippen MR) is 110 cm³/mol. The third-order valence-electron chi connectivity index (χ3n) is 4.16. The Morgan fingerprint density at radius 3 is 2.59 bits per heavy atom. The average molecular weight is 470 g/mol. The molecule has 2 N–H and O–H groups in total. The summed E-state index contributed by atoms with van der Waals surface area (Å²) < 4.78 is 55.8. The lowest BCUT2D eigenvalue weighted by Crippen LogP contribution is -2.16. The first-order valence-electron chi connectivity index (χ1n) is 9.45. The van der Waals surface area contributed by atoms with Gasteiger partial charge >= 0.3 is 12.1 Å². The number of ether oxygens (including phenoxy) is 2. The topological polar surface area (TPSA) is 100 Å². The summed E-state index contributed by atoms with van der Waals surface area (Å²) in [6.45, 7) is 3.02. The van der Waals surface area contributed by atoms with Crippen LogP contribution in [0, 0.1) is 0 Å². The molecule has 3 aromatic rings. The zero-order valence-electron chi connectivity index (χ0n) is 17.1. The Morgan fingerprint density at radius 1 is 1.22 bits per heavy atom. The number of alkyl halides is 3. The molecule has 0 spiro atoms. The van der Waals surface area contributed by atoms with Crippen molar-refractivity contribution in [1.82, 2.24) is 10.1 Å². The molecule has 1 aromatic heterocycles. The van der Waals surface area contributed by atoms with Gasteiger partial charge in [-0.15, -0.1) is 0 Å². The Balaban J connectivity index is 1.88. The van der Waals surface area contributed by atoms with Gasteiger partial charge in [0.2, 0.25) is 5.82 Å². The van der Waals surface area contributed by atoms with E-state index in [-0.39, 0.29) is 41.2 Å². The van der Waals surface area contributed by atoms with E-state index >= 15 is 0 Å². The number of esters is 1. The van der Waals surface area contributed by atoms with Crippen LogP contribution in [0.3, 0.4) is 0 Å². The molecule has 0 unspecified atom stereocenters. The van der Waals surface area contributed by atoms with E-state index < -0.39 is 23.8 Å². The molecule has 7 nitrogen and oxygen atoms in total. The normalized spacial score (nSPS) is 11.6. The van der Waals surface area contributed by atoms with Gasteiger partial charge in [-0.25, -0.2) is 0 Å². The number of benzene rings is 2. The molecule has 0 saturated carbocycles. The van der Waals surface area contributed by atoms with Crippen LogP contribution in [0.25, 0.3) is 22.8 Å². The van der Waals surface area contributed by atoms with E-state index in [0.29, 0.717) is 11.1 Å². The Labute approximate surface area is 186 Å². The highest BCUT2D eigenvalue weighted by molar-refractivity contribution is 6.33. The van der Waals surface area contributed by atoms with Gasteiger partial charge in [-0.3, -0.25) is 4.79 Å². The van der Waals surface area contributed by atoms with Crippen molar-refractivity contribution in [2.75, 3.05) is 6.54 Å². The molecule has 0 amide bonds. The average Bonchev–Trinajstić information content (AvgIpc) is 3.21. The third-order valence-corrected chi connectivity index (χ3v) is 4.47. The molecular weight excluding hydrogens is 451 g/mol. The number of hydrogen-bond donors (Lipinski definition) is 1. The molecule has 0 atom stereocenters. The highest BCUT2D eigenvalue weighted by Crippen LogP contribution is 2.39. The fraction of sp³-hybridized carbons (Fsp3) is 0.286. The number of hydrogen-bond acceptors (Lipinski definition) is 7. The number of halogens is 4. The minimum Gasteiger partial charge on any atom is -0.490 e. The third kappa shape index (κ3) is 5.57. The largest absolute Gasteiger partial charge is 0.490 e. The number of nitrogens with two attached hydrogens (primary N) is 1. The molecule has 0 saturated heterocycles. The van der Waals surface area contributed by atoms with Gasteiger partial charge in [-0.2, -0.15) is 18.2 Å². The van der Waals surface area contributed by atoms with Crippen molar-refractivity contribution in [3.63, 3.8) is 0 Å². The monoisotopic (exact) mass is 469 g/mol. The number of carbonyl (C=O) groups is 1. The SMILES string of the molecule is CC(C)Oc1ccc(-c2nc(-c3ccc(COC(=O)CN)cc3Cl)no2)cc1C(F)(F)F. The second-order valence-corrected chi connectivity index (χ2v) is 7.38. The van der Waals surface area contributed by atoms with E-state index in [9.17, 15) is 18.0 Å². The number of rotatable bonds is 7. The smallest absolute Gasteiger partial charge is 0.419 e. The summed E-state index contributed by atoms with van der Waals surface area (Å²) >= 11 is 6.27. The maximum atomic E-state index is 13.5.